The van der Waals surface area contributed by atoms with Crippen molar-refractivity contribution in [2.45, 2.75) is 33.0 Å². The molecule has 5 heteroatoms. The van der Waals surface area contributed by atoms with Crippen LogP contribution in [-0.2, 0) is 11.8 Å². The fourth-order valence-electron chi connectivity index (χ4n) is 3.94. The predicted molar refractivity (Wildman–Crippen MR) is 112 cm³/mol. The molecule has 0 bridgehead atoms. The van der Waals surface area contributed by atoms with Crippen LogP contribution in [0.1, 0.15) is 42.9 Å². The second kappa shape index (κ2) is 7.30. The third-order valence-corrected chi connectivity index (χ3v) is 5.75. The number of ether oxygens (including phenoxy) is 1. The molecule has 0 unspecified atom stereocenters. The number of aryl methyl sites for hydroxylation is 1. The monoisotopic (exact) mass is 394 g/mol. The second-order valence-electron chi connectivity index (χ2n) is 8.89. The summed E-state index contributed by atoms with van der Waals surface area (Å²) >= 11 is 0. The van der Waals surface area contributed by atoms with Gasteiger partial charge in [-0.05, 0) is 35.2 Å². The zero-order valence-electron chi connectivity index (χ0n) is 17.4. The minimum atomic E-state index is -0.301. The normalized spacial score (nSPS) is 20.2. The first-order chi connectivity index (χ1) is 13.7. The van der Waals surface area contributed by atoms with Gasteiger partial charge in [-0.3, -0.25) is 4.79 Å². The maximum atomic E-state index is 13.6. The van der Waals surface area contributed by atoms with Crippen LogP contribution in [0.4, 0.5) is 4.39 Å². The van der Waals surface area contributed by atoms with Gasteiger partial charge in [0.2, 0.25) is 0 Å². The number of amides is 1. The van der Waals surface area contributed by atoms with Gasteiger partial charge in [0.15, 0.2) is 0 Å². The van der Waals surface area contributed by atoms with E-state index in [-0.39, 0.29) is 29.3 Å². The summed E-state index contributed by atoms with van der Waals surface area (Å²) in [5.41, 5.74) is 2.37. The number of fused-ring (bicyclic) bond motifs is 1. The third kappa shape index (κ3) is 3.79. The molecule has 2 heterocycles. The number of aromatic nitrogens is 1. The summed E-state index contributed by atoms with van der Waals surface area (Å²) < 4.78 is 21.9. The maximum absolute atomic E-state index is 13.6. The number of carbonyl (C=O) groups excluding carboxylic acids is 1. The predicted octanol–water partition coefficient (Wildman–Crippen LogP) is 4.95. The van der Waals surface area contributed by atoms with Crippen molar-refractivity contribution in [2.75, 3.05) is 13.1 Å². The summed E-state index contributed by atoms with van der Waals surface area (Å²) in [4.78, 5) is 15.4. The van der Waals surface area contributed by atoms with E-state index >= 15 is 0 Å². The van der Waals surface area contributed by atoms with Gasteiger partial charge in [-0.25, -0.2) is 4.39 Å². The van der Waals surface area contributed by atoms with Crippen LogP contribution in [0.3, 0.4) is 0 Å². The van der Waals surface area contributed by atoms with Gasteiger partial charge >= 0.3 is 0 Å². The van der Waals surface area contributed by atoms with Crippen molar-refractivity contribution in [3.63, 3.8) is 0 Å². The Morgan fingerprint density at radius 2 is 1.79 bits per heavy atom. The number of carbonyl (C=O) groups is 1. The molecule has 0 saturated carbocycles. The van der Waals surface area contributed by atoms with Gasteiger partial charge in [-0.1, -0.05) is 51.1 Å². The van der Waals surface area contributed by atoms with Gasteiger partial charge in [0, 0.05) is 24.5 Å². The number of hydrogen-bond donors (Lipinski definition) is 0. The van der Waals surface area contributed by atoms with Crippen molar-refractivity contribution in [3.05, 3.63) is 71.7 Å². The van der Waals surface area contributed by atoms with Crippen LogP contribution in [0.2, 0.25) is 0 Å². The number of hydrogen-bond acceptors (Lipinski definition) is 2. The largest absolute Gasteiger partial charge is 0.366 e. The van der Waals surface area contributed by atoms with Crippen LogP contribution in [-0.4, -0.2) is 34.6 Å². The highest BCUT2D eigenvalue weighted by Crippen LogP contribution is 2.34. The molecule has 0 radical (unpaired) electrons. The van der Waals surface area contributed by atoms with E-state index in [1.807, 2.05) is 46.8 Å². The maximum Gasteiger partial charge on any atom is 0.270 e. The smallest absolute Gasteiger partial charge is 0.270 e. The second-order valence-corrected chi connectivity index (χ2v) is 8.89. The molecular weight excluding hydrogens is 367 g/mol. The molecule has 1 aliphatic heterocycles. The molecule has 1 saturated heterocycles. The fraction of sp³-hybridized carbons (Fsp3) is 0.375. The Morgan fingerprint density at radius 1 is 1.07 bits per heavy atom. The Morgan fingerprint density at radius 3 is 2.48 bits per heavy atom. The van der Waals surface area contributed by atoms with Gasteiger partial charge < -0.3 is 14.2 Å². The van der Waals surface area contributed by atoms with Crippen LogP contribution < -0.4 is 0 Å². The Kier molecular flexibility index (Phi) is 4.95. The summed E-state index contributed by atoms with van der Waals surface area (Å²) in [5.74, 6) is -0.354. The van der Waals surface area contributed by atoms with Crippen molar-refractivity contribution in [1.82, 2.24) is 9.47 Å². The third-order valence-electron chi connectivity index (χ3n) is 5.75. The van der Waals surface area contributed by atoms with E-state index in [4.69, 9.17) is 4.74 Å². The summed E-state index contributed by atoms with van der Waals surface area (Å²) in [6.07, 6.45) is -0.261. The zero-order valence-corrected chi connectivity index (χ0v) is 17.4. The molecule has 4 nitrogen and oxygen atoms in total. The van der Waals surface area contributed by atoms with E-state index in [1.54, 1.807) is 12.1 Å². The summed E-state index contributed by atoms with van der Waals surface area (Å²) in [7, 11) is 1.85. The highest BCUT2D eigenvalue weighted by molar-refractivity contribution is 5.98. The number of nitrogens with zero attached hydrogens (tertiary/aromatic N) is 2. The van der Waals surface area contributed by atoms with Gasteiger partial charge in [-0.2, -0.15) is 0 Å². The first-order valence-electron chi connectivity index (χ1n) is 9.98. The number of benzene rings is 2. The summed E-state index contributed by atoms with van der Waals surface area (Å²) in [6.45, 7) is 7.42. The highest BCUT2D eigenvalue weighted by Gasteiger charge is 2.38. The number of rotatable bonds is 2. The van der Waals surface area contributed by atoms with E-state index in [0.717, 1.165) is 16.5 Å². The Bertz CT molecular complexity index is 1040. The summed E-state index contributed by atoms with van der Waals surface area (Å²) in [5, 5.41) is 0.732. The number of halogens is 1. The summed E-state index contributed by atoms with van der Waals surface area (Å²) in [6, 6.07) is 16.4. The molecular formula is C24H27FN2O2. The van der Waals surface area contributed by atoms with Crippen LogP contribution in [0.15, 0.2) is 54.6 Å². The van der Waals surface area contributed by atoms with Crippen molar-refractivity contribution >= 4 is 16.8 Å². The first-order valence-corrected chi connectivity index (χ1v) is 9.98. The lowest BCUT2D eigenvalue weighted by Crippen LogP contribution is -2.51. The lowest BCUT2D eigenvalue weighted by molar-refractivity contribution is -0.119. The van der Waals surface area contributed by atoms with Crippen molar-refractivity contribution < 1.29 is 13.9 Å². The van der Waals surface area contributed by atoms with Crippen molar-refractivity contribution in [2.24, 2.45) is 12.5 Å². The quantitative estimate of drug-likeness (QED) is 0.617. The van der Waals surface area contributed by atoms with Crippen molar-refractivity contribution in [3.8, 4) is 0 Å². The molecule has 2 atom stereocenters. The molecule has 1 aliphatic rings. The van der Waals surface area contributed by atoms with Crippen molar-refractivity contribution in [1.29, 1.82) is 0 Å². The molecule has 1 fully saturated rings. The van der Waals surface area contributed by atoms with Gasteiger partial charge in [0.1, 0.15) is 17.6 Å². The Hall–Kier alpha value is -2.66. The van der Waals surface area contributed by atoms with E-state index in [1.165, 1.54) is 12.1 Å². The standard InChI is InChI=1S/C24H27FN2O2/c1-24(2,3)22-15-27(14-21(29-22)16-8-6-5-7-9-16)23(28)20-13-17-12-18(25)10-11-19(17)26(20)4/h5-13,21-22H,14-15H2,1-4H3/t21-,22+/m0/s1. The van der Waals surface area contributed by atoms with E-state index < -0.39 is 0 Å². The van der Waals surface area contributed by atoms with E-state index in [9.17, 15) is 9.18 Å². The minimum Gasteiger partial charge on any atom is -0.366 e. The molecule has 1 amide bonds. The van der Waals surface area contributed by atoms with Crippen LogP contribution >= 0.6 is 0 Å². The highest BCUT2D eigenvalue weighted by atomic mass is 19.1. The fourth-order valence-corrected chi connectivity index (χ4v) is 3.94. The van der Waals surface area contributed by atoms with Crippen LogP contribution in [0.5, 0.6) is 0 Å². The van der Waals surface area contributed by atoms with E-state index in [2.05, 4.69) is 20.8 Å². The molecule has 3 aromatic rings. The molecule has 4 rings (SSSR count). The lowest BCUT2D eigenvalue weighted by atomic mass is 9.87. The lowest BCUT2D eigenvalue weighted by Gasteiger charge is -2.43. The SMILES string of the molecule is Cn1c(C(=O)N2C[C@@H](c3ccccc3)O[C@@H](C(C)(C)C)C2)cc2cc(F)ccc21. The molecule has 2 aromatic carbocycles. The molecule has 0 spiro atoms. The Balaban J connectivity index is 1.68. The van der Waals surface area contributed by atoms with Gasteiger partial charge in [0.25, 0.3) is 5.91 Å². The topological polar surface area (TPSA) is 34.5 Å². The van der Waals surface area contributed by atoms with Crippen LogP contribution in [0, 0.1) is 11.2 Å². The molecule has 152 valence electrons. The molecule has 0 N–H and O–H groups in total. The van der Waals surface area contributed by atoms with Gasteiger partial charge in [0.05, 0.1) is 12.6 Å². The Labute approximate surface area is 170 Å². The van der Waals surface area contributed by atoms with Crippen LogP contribution in [0.25, 0.3) is 10.9 Å². The number of morpholine rings is 1. The average molecular weight is 394 g/mol. The molecule has 0 aliphatic carbocycles. The molecule has 29 heavy (non-hydrogen) atoms. The first kappa shape index (κ1) is 19.6. The minimum absolute atomic E-state index is 0.0532. The van der Waals surface area contributed by atoms with Gasteiger partial charge in [-0.15, -0.1) is 0 Å². The zero-order chi connectivity index (χ0) is 20.8. The molecule has 1 aromatic heterocycles. The van der Waals surface area contributed by atoms with E-state index in [0.29, 0.717) is 18.8 Å². The average Bonchev–Trinajstić information content (AvgIpc) is 3.02.